The van der Waals surface area contributed by atoms with E-state index in [4.69, 9.17) is 0 Å². The van der Waals surface area contributed by atoms with E-state index in [1.807, 2.05) is 11.1 Å². The molecule has 0 heteroatoms. The van der Waals surface area contributed by atoms with Crippen molar-refractivity contribution in [3.05, 3.63) is 22.8 Å². The van der Waals surface area contributed by atoms with E-state index in [0.717, 1.165) is 17.8 Å². The first-order valence-corrected chi connectivity index (χ1v) is 13.3. The van der Waals surface area contributed by atoms with Gasteiger partial charge in [0.25, 0.3) is 0 Å². The van der Waals surface area contributed by atoms with Gasteiger partial charge in [-0.1, -0.05) is 70.8 Å². The van der Waals surface area contributed by atoms with Gasteiger partial charge in [-0.3, -0.25) is 0 Å². The molecule has 0 aliphatic heterocycles. The molecule has 0 saturated heterocycles. The predicted molar refractivity (Wildman–Crippen MR) is 131 cm³/mol. The van der Waals surface area contributed by atoms with Crippen molar-refractivity contribution in [1.82, 2.24) is 0 Å². The van der Waals surface area contributed by atoms with Crippen LogP contribution in [0.4, 0.5) is 0 Å². The lowest BCUT2D eigenvalue weighted by molar-refractivity contribution is -0.0199. The summed E-state index contributed by atoms with van der Waals surface area (Å²) in [5, 5.41) is 0. The minimum atomic E-state index is 0.464. The summed E-state index contributed by atoms with van der Waals surface area (Å²) in [7, 11) is 0. The summed E-state index contributed by atoms with van der Waals surface area (Å²) in [6.07, 6.45) is 18.1. The normalized spacial score (nSPS) is 43.5. The van der Waals surface area contributed by atoms with E-state index in [-0.39, 0.29) is 0 Å². The highest BCUT2D eigenvalue weighted by Gasteiger charge is 2.62. The zero-order valence-corrected chi connectivity index (χ0v) is 21.6. The van der Waals surface area contributed by atoms with Gasteiger partial charge in [0.15, 0.2) is 0 Å². The number of fused-ring (bicyclic) bond motifs is 4. The lowest BCUT2D eigenvalue weighted by atomic mass is 9.43. The summed E-state index contributed by atoms with van der Waals surface area (Å²) < 4.78 is 0. The number of allylic oxidation sites excluding steroid dienone is 4. The Hall–Kier alpha value is -0.520. The van der Waals surface area contributed by atoms with E-state index in [1.165, 1.54) is 76.2 Å². The number of rotatable bonds is 4. The quantitative estimate of drug-likeness (QED) is 0.405. The van der Waals surface area contributed by atoms with Crippen molar-refractivity contribution in [3.8, 4) is 0 Å². The zero-order valence-electron chi connectivity index (χ0n) is 21.6. The molecule has 0 bridgehead atoms. The second-order valence-electron chi connectivity index (χ2n) is 13.5. The fourth-order valence-corrected chi connectivity index (χ4v) is 9.57. The molecule has 4 aliphatic rings. The number of hydrogen-bond acceptors (Lipinski definition) is 0. The van der Waals surface area contributed by atoms with Gasteiger partial charge in [0.05, 0.1) is 0 Å². The third kappa shape index (κ3) is 3.21. The first kappa shape index (κ1) is 22.7. The molecule has 0 spiro atoms. The lowest BCUT2D eigenvalue weighted by Crippen LogP contribution is -2.51. The Bertz CT molecular complexity index is 731. The van der Waals surface area contributed by atoms with Gasteiger partial charge in [-0.05, 0) is 117 Å². The van der Waals surface area contributed by atoms with Crippen molar-refractivity contribution >= 4 is 0 Å². The molecular weight excluding hydrogens is 360 g/mol. The summed E-state index contributed by atoms with van der Waals surface area (Å²) in [6, 6.07) is 0. The molecule has 4 aliphatic carbocycles. The molecule has 0 radical (unpaired) electrons. The maximum atomic E-state index is 2.71. The van der Waals surface area contributed by atoms with Crippen LogP contribution in [0.1, 0.15) is 126 Å². The van der Waals surface area contributed by atoms with E-state index in [0.29, 0.717) is 21.7 Å². The van der Waals surface area contributed by atoms with Gasteiger partial charge >= 0.3 is 0 Å². The highest BCUT2D eigenvalue weighted by molar-refractivity contribution is 5.38. The zero-order chi connectivity index (χ0) is 21.9. The van der Waals surface area contributed by atoms with Crippen LogP contribution in [0.3, 0.4) is 0 Å². The SMILES string of the molecule is CC(C)=CCC[C@@H](C)[C@H]1CC[C@@]2(C)C3=C(CC[C@]12C)[C@@]1(C)CCCC(C)(C)C1CC3. The van der Waals surface area contributed by atoms with Gasteiger partial charge in [-0.2, -0.15) is 0 Å². The van der Waals surface area contributed by atoms with E-state index >= 15 is 0 Å². The second-order valence-corrected chi connectivity index (χ2v) is 13.5. The molecule has 6 atom stereocenters. The smallest absolute Gasteiger partial charge is 0.00568 e. The minimum absolute atomic E-state index is 0.464. The van der Waals surface area contributed by atoms with Crippen LogP contribution in [0.2, 0.25) is 0 Å². The van der Waals surface area contributed by atoms with E-state index in [9.17, 15) is 0 Å². The molecule has 4 rings (SSSR count). The third-order valence-corrected chi connectivity index (χ3v) is 11.4. The Kier molecular flexibility index (Phi) is 5.68. The molecule has 2 saturated carbocycles. The van der Waals surface area contributed by atoms with Crippen molar-refractivity contribution in [2.24, 2.45) is 39.4 Å². The first-order valence-electron chi connectivity index (χ1n) is 13.3. The molecule has 0 aromatic carbocycles. The van der Waals surface area contributed by atoms with Crippen LogP contribution in [0.5, 0.6) is 0 Å². The van der Waals surface area contributed by atoms with Crippen LogP contribution >= 0.6 is 0 Å². The van der Waals surface area contributed by atoms with Crippen molar-refractivity contribution < 1.29 is 0 Å². The molecular formula is C30H50. The van der Waals surface area contributed by atoms with Crippen LogP contribution in [0, 0.1) is 39.4 Å². The van der Waals surface area contributed by atoms with E-state index in [1.54, 1.807) is 0 Å². The van der Waals surface area contributed by atoms with Crippen LogP contribution in [-0.2, 0) is 0 Å². The van der Waals surface area contributed by atoms with Gasteiger partial charge in [0, 0.05) is 0 Å². The van der Waals surface area contributed by atoms with E-state index < -0.39 is 0 Å². The molecule has 30 heavy (non-hydrogen) atoms. The average molecular weight is 411 g/mol. The molecule has 0 N–H and O–H groups in total. The largest absolute Gasteiger partial charge is 0.0859 e. The fraction of sp³-hybridized carbons (Fsp3) is 0.867. The van der Waals surface area contributed by atoms with Crippen LogP contribution in [0.15, 0.2) is 22.8 Å². The van der Waals surface area contributed by atoms with Gasteiger partial charge in [0.2, 0.25) is 0 Å². The Morgan fingerprint density at radius 1 is 0.933 bits per heavy atom. The molecule has 0 amide bonds. The highest BCUT2D eigenvalue weighted by Crippen LogP contribution is 2.72. The maximum Gasteiger partial charge on any atom is -0.00568 e. The summed E-state index contributed by atoms with van der Waals surface area (Å²) in [5.41, 5.74) is 7.42. The third-order valence-electron chi connectivity index (χ3n) is 11.4. The molecule has 0 heterocycles. The Balaban J connectivity index is 1.64. The lowest BCUT2D eigenvalue weighted by Gasteiger charge is -2.61. The molecule has 2 fully saturated rings. The molecule has 1 unspecified atom stereocenters. The topological polar surface area (TPSA) is 0 Å². The maximum absolute atomic E-state index is 2.71. The molecule has 0 aromatic heterocycles. The van der Waals surface area contributed by atoms with Crippen molar-refractivity contribution in [2.45, 2.75) is 126 Å². The Morgan fingerprint density at radius 2 is 1.67 bits per heavy atom. The Labute approximate surface area is 188 Å². The predicted octanol–water partition coefficient (Wildman–Crippen LogP) is 9.51. The van der Waals surface area contributed by atoms with Crippen molar-refractivity contribution in [3.63, 3.8) is 0 Å². The summed E-state index contributed by atoms with van der Waals surface area (Å²) in [6.45, 7) is 20.3. The monoisotopic (exact) mass is 410 g/mol. The van der Waals surface area contributed by atoms with Crippen molar-refractivity contribution in [1.29, 1.82) is 0 Å². The molecule has 170 valence electrons. The minimum Gasteiger partial charge on any atom is -0.0859 e. The van der Waals surface area contributed by atoms with Gasteiger partial charge in [-0.15, -0.1) is 0 Å². The Morgan fingerprint density at radius 3 is 2.37 bits per heavy atom. The summed E-state index contributed by atoms with van der Waals surface area (Å²) in [4.78, 5) is 0. The summed E-state index contributed by atoms with van der Waals surface area (Å²) >= 11 is 0. The van der Waals surface area contributed by atoms with Gasteiger partial charge < -0.3 is 0 Å². The van der Waals surface area contributed by atoms with Gasteiger partial charge in [0.1, 0.15) is 0 Å². The summed E-state index contributed by atoms with van der Waals surface area (Å²) in [5.74, 6) is 2.68. The van der Waals surface area contributed by atoms with E-state index in [2.05, 4.69) is 61.5 Å². The standard InChI is InChI=1S/C30H50/c1-21(2)11-9-12-22(3)23-15-19-30(8)25-13-14-26-27(4,5)17-10-18-28(26,6)24(25)16-20-29(23,30)7/h11,22-23,26H,9-10,12-20H2,1-8H3/t22-,23-,26?,28-,29-,30+/m1/s1. The highest BCUT2D eigenvalue weighted by atomic mass is 14.7. The fourth-order valence-electron chi connectivity index (χ4n) is 9.57. The average Bonchev–Trinajstić information content (AvgIpc) is 2.92. The molecule has 0 nitrogen and oxygen atoms in total. The molecule has 0 aromatic rings. The second kappa shape index (κ2) is 7.52. The first-order chi connectivity index (χ1) is 14.0. The van der Waals surface area contributed by atoms with Crippen LogP contribution in [0.25, 0.3) is 0 Å². The van der Waals surface area contributed by atoms with Crippen molar-refractivity contribution in [2.75, 3.05) is 0 Å². The number of hydrogen-bond donors (Lipinski definition) is 0. The van der Waals surface area contributed by atoms with Crippen LogP contribution in [-0.4, -0.2) is 0 Å². The van der Waals surface area contributed by atoms with Gasteiger partial charge in [-0.25, -0.2) is 0 Å². The van der Waals surface area contributed by atoms with Crippen LogP contribution < -0.4 is 0 Å².